The fraction of sp³-hybridized carbons (Fsp3) is 0.417. The van der Waals surface area contributed by atoms with Crippen molar-refractivity contribution >= 4 is 11.9 Å². The summed E-state index contributed by atoms with van der Waals surface area (Å²) in [6, 6.07) is 13.3. The number of fused-ring (bicyclic) bond motifs is 2. The number of carbonyl (C=O) groups is 2. The molecule has 31 heavy (non-hydrogen) atoms. The van der Waals surface area contributed by atoms with Crippen LogP contribution in [0.15, 0.2) is 48.5 Å². The minimum absolute atomic E-state index is 0.0260. The summed E-state index contributed by atoms with van der Waals surface area (Å²) in [5.41, 5.74) is 1.46. The lowest BCUT2D eigenvalue weighted by Crippen LogP contribution is -2.60. The van der Waals surface area contributed by atoms with Gasteiger partial charge in [0.05, 0.1) is 32.4 Å². The van der Waals surface area contributed by atoms with E-state index in [0.29, 0.717) is 37.4 Å². The zero-order valence-electron chi connectivity index (χ0n) is 17.5. The van der Waals surface area contributed by atoms with Gasteiger partial charge in [0.15, 0.2) is 0 Å². The van der Waals surface area contributed by atoms with Gasteiger partial charge in [-0.1, -0.05) is 30.3 Å². The van der Waals surface area contributed by atoms with E-state index in [1.807, 2.05) is 30.3 Å². The van der Waals surface area contributed by atoms with Crippen LogP contribution in [0.25, 0.3) is 0 Å². The molecule has 6 nitrogen and oxygen atoms in total. The van der Waals surface area contributed by atoms with Crippen LogP contribution in [0.2, 0.25) is 0 Å². The van der Waals surface area contributed by atoms with Crippen LogP contribution in [-0.4, -0.2) is 49.2 Å². The van der Waals surface area contributed by atoms with Crippen LogP contribution < -0.4 is 4.74 Å². The molecule has 2 aromatic rings. The second kappa shape index (κ2) is 9.47. The number of ketones is 1. The summed E-state index contributed by atoms with van der Waals surface area (Å²) in [6.45, 7) is 0.964. The molecule has 2 bridgehead atoms. The second-order valence-corrected chi connectivity index (χ2v) is 8.06. The molecule has 7 heteroatoms. The third kappa shape index (κ3) is 4.88. The minimum atomic E-state index is -0.398. The number of morpholine rings is 1. The summed E-state index contributed by atoms with van der Waals surface area (Å²) < 4.78 is 30.1. The molecular weight excluding hydrogens is 401 g/mol. The highest BCUT2D eigenvalue weighted by Gasteiger charge is 2.44. The zero-order valence-corrected chi connectivity index (χ0v) is 17.5. The van der Waals surface area contributed by atoms with E-state index in [2.05, 4.69) is 0 Å². The largest absolute Gasteiger partial charge is 0.496 e. The number of piperidine rings is 1. The molecule has 164 valence electrons. The van der Waals surface area contributed by atoms with Gasteiger partial charge in [0, 0.05) is 17.9 Å². The van der Waals surface area contributed by atoms with Crippen LogP contribution in [0.1, 0.15) is 24.0 Å². The van der Waals surface area contributed by atoms with Crippen molar-refractivity contribution in [2.45, 2.75) is 38.0 Å². The molecule has 0 spiro atoms. The van der Waals surface area contributed by atoms with Gasteiger partial charge in [-0.25, -0.2) is 9.18 Å². The van der Waals surface area contributed by atoms with Gasteiger partial charge < -0.3 is 14.2 Å². The predicted octanol–water partition coefficient (Wildman–Crippen LogP) is 3.76. The first kappa shape index (κ1) is 21.3. The molecule has 2 saturated heterocycles. The van der Waals surface area contributed by atoms with E-state index < -0.39 is 5.82 Å². The summed E-state index contributed by atoms with van der Waals surface area (Å²) >= 11 is 0. The van der Waals surface area contributed by atoms with E-state index in [-0.39, 0.29) is 42.9 Å². The van der Waals surface area contributed by atoms with Crippen molar-refractivity contribution in [1.29, 1.82) is 0 Å². The molecule has 2 fully saturated rings. The van der Waals surface area contributed by atoms with Crippen molar-refractivity contribution in [2.75, 3.05) is 20.3 Å². The van der Waals surface area contributed by atoms with Crippen LogP contribution in [-0.2, 0) is 27.3 Å². The topological polar surface area (TPSA) is 65.1 Å². The number of hydrogen-bond acceptors (Lipinski definition) is 5. The maximum Gasteiger partial charge on any atom is 0.410 e. The molecule has 2 aliphatic heterocycles. The standard InChI is InChI=1S/C24H26FNO5/c1-29-23-8-7-19(25)9-18(23)12-22(27)17-10-20-14-30-15-21(11-17)26(20)24(28)31-13-16-5-3-2-4-6-16/h2-9,17,20-21H,10-15H2,1H3. The summed E-state index contributed by atoms with van der Waals surface area (Å²) in [7, 11) is 1.50. The van der Waals surface area contributed by atoms with Crippen molar-refractivity contribution in [2.24, 2.45) is 5.92 Å². The fourth-order valence-corrected chi connectivity index (χ4v) is 4.49. The van der Waals surface area contributed by atoms with Gasteiger partial charge in [-0.15, -0.1) is 0 Å². The Labute approximate surface area is 180 Å². The van der Waals surface area contributed by atoms with Gasteiger partial charge in [-0.2, -0.15) is 0 Å². The number of benzene rings is 2. The summed E-state index contributed by atoms with van der Waals surface area (Å²) in [5.74, 6) is -0.0896. The Bertz CT molecular complexity index is 921. The summed E-state index contributed by atoms with van der Waals surface area (Å²) in [6.07, 6.45) is 0.741. The normalized spacial score (nSPS) is 22.6. The Morgan fingerprint density at radius 1 is 1.10 bits per heavy atom. The molecular formula is C24H26FNO5. The molecule has 2 aliphatic rings. The van der Waals surface area contributed by atoms with Crippen molar-refractivity contribution < 1.29 is 28.2 Å². The lowest BCUT2D eigenvalue weighted by Gasteiger charge is -2.47. The van der Waals surface area contributed by atoms with E-state index in [9.17, 15) is 14.0 Å². The lowest BCUT2D eigenvalue weighted by molar-refractivity contribution is -0.130. The van der Waals surface area contributed by atoms with E-state index in [1.54, 1.807) is 4.90 Å². The first-order valence-corrected chi connectivity index (χ1v) is 10.5. The zero-order chi connectivity index (χ0) is 21.8. The molecule has 0 aliphatic carbocycles. The highest BCUT2D eigenvalue weighted by atomic mass is 19.1. The van der Waals surface area contributed by atoms with E-state index in [4.69, 9.17) is 14.2 Å². The van der Waals surface area contributed by atoms with Crippen molar-refractivity contribution in [3.8, 4) is 5.75 Å². The predicted molar refractivity (Wildman–Crippen MR) is 111 cm³/mol. The minimum Gasteiger partial charge on any atom is -0.496 e. The molecule has 1 amide bonds. The number of amides is 1. The van der Waals surface area contributed by atoms with E-state index in [0.717, 1.165) is 5.56 Å². The number of halogens is 1. The Kier molecular flexibility index (Phi) is 6.51. The molecule has 2 atom stereocenters. The van der Waals surface area contributed by atoms with Crippen LogP contribution in [0.3, 0.4) is 0 Å². The number of ether oxygens (including phenoxy) is 3. The van der Waals surface area contributed by atoms with Gasteiger partial charge in [0.1, 0.15) is 24.0 Å². The van der Waals surface area contributed by atoms with Gasteiger partial charge in [0.2, 0.25) is 0 Å². The summed E-state index contributed by atoms with van der Waals surface area (Å²) in [5, 5.41) is 0. The highest BCUT2D eigenvalue weighted by molar-refractivity contribution is 5.84. The van der Waals surface area contributed by atoms with Crippen molar-refractivity contribution in [3.63, 3.8) is 0 Å². The fourth-order valence-electron chi connectivity index (χ4n) is 4.49. The van der Waals surface area contributed by atoms with E-state index >= 15 is 0 Å². The lowest BCUT2D eigenvalue weighted by atomic mass is 9.81. The average molecular weight is 427 g/mol. The monoisotopic (exact) mass is 427 g/mol. The quantitative estimate of drug-likeness (QED) is 0.702. The maximum absolute atomic E-state index is 13.7. The molecule has 0 saturated carbocycles. The average Bonchev–Trinajstić information content (AvgIpc) is 2.77. The maximum atomic E-state index is 13.7. The van der Waals surface area contributed by atoms with Crippen LogP contribution >= 0.6 is 0 Å². The number of carbonyl (C=O) groups excluding carboxylic acids is 2. The number of hydrogen-bond donors (Lipinski definition) is 0. The molecule has 0 radical (unpaired) electrons. The van der Waals surface area contributed by atoms with Crippen molar-refractivity contribution in [3.05, 3.63) is 65.5 Å². The number of rotatable bonds is 6. The first-order chi connectivity index (χ1) is 15.0. The van der Waals surface area contributed by atoms with Crippen LogP contribution in [0.4, 0.5) is 9.18 Å². The van der Waals surface area contributed by atoms with Gasteiger partial charge in [0.25, 0.3) is 0 Å². The van der Waals surface area contributed by atoms with Gasteiger partial charge in [-0.05, 0) is 36.6 Å². The molecule has 4 rings (SSSR count). The smallest absolute Gasteiger partial charge is 0.410 e. The number of nitrogens with zero attached hydrogens (tertiary/aromatic N) is 1. The van der Waals surface area contributed by atoms with Gasteiger partial charge in [-0.3, -0.25) is 9.69 Å². The molecule has 0 N–H and O–H groups in total. The molecule has 2 aromatic carbocycles. The Morgan fingerprint density at radius 3 is 2.48 bits per heavy atom. The SMILES string of the molecule is COc1ccc(F)cc1CC(=O)C1CC2COCC(C1)N2C(=O)OCc1ccccc1. The summed E-state index contributed by atoms with van der Waals surface area (Å²) in [4.78, 5) is 27.5. The first-order valence-electron chi connectivity index (χ1n) is 10.5. The Hall–Kier alpha value is -2.93. The third-order valence-electron chi connectivity index (χ3n) is 6.00. The second-order valence-electron chi connectivity index (χ2n) is 8.06. The Balaban J connectivity index is 1.40. The molecule has 0 aromatic heterocycles. The van der Waals surface area contributed by atoms with Gasteiger partial charge >= 0.3 is 6.09 Å². The van der Waals surface area contributed by atoms with Crippen LogP contribution in [0.5, 0.6) is 5.75 Å². The number of Topliss-reactive ketones (excluding diaryl/α,β-unsaturated/α-hetero) is 1. The van der Waals surface area contributed by atoms with Crippen LogP contribution in [0, 0.1) is 11.7 Å². The highest BCUT2D eigenvalue weighted by Crippen LogP contribution is 2.34. The number of methoxy groups -OCH3 is 1. The molecule has 2 heterocycles. The van der Waals surface area contributed by atoms with E-state index in [1.165, 1.54) is 25.3 Å². The third-order valence-corrected chi connectivity index (χ3v) is 6.00. The molecule has 2 unspecified atom stereocenters. The van der Waals surface area contributed by atoms with Crippen molar-refractivity contribution in [1.82, 2.24) is 4.90 Å². The Morgan fingerprint density at radius 2 is 1.81 bits per heavy atom.